The van der Waals surface area contributed by atoms with E-state index in [1.54, 1.807) is 0 Å². The summed E-state index contributed by atoms with van der Waals surface area (Å²) in [6.45, 7) is 3.15. The topological polar surface area (TPSA) is 12.0 Å². The van der Waals surface area contributed by atoms with Crippen LogP contribution in [0, 0.1) is 6.54 Å². The Morgan fingerprint density at radius 1 is 1.56 bits per heavy atom. The lowest BCUT2D eigenvalue weighted by Gasteiger charge is -2.10. The smallest absolute Gasteiger partial charge is 0.0305 e. The van der Waals surface area contributed by atoms with Gasteiger partial charge in [-0.2, -0.15) is 0 Å². The van der Waals surface area contributed by atoms with Crippen LogP contribution in [-0.2, 0) is 13.0 Å². The third-order valence-corrected chi connectivity index (χ3v) is 2.53. The van der Waals surface area contributed by atoms with Crippen molar-refractivity contribution in [3.05, 3.63) is 28.4 Å². The highest BCUT2D eigenvalue weighted by Gasteiger charge is 2.07. The lowest BCUT2D eigenvalue weighted by atomic mass is 10.1. The summed E-state index contributed by atoms with van der Waals surface area (Å²) >= 11 is 1.84. The van der Waals surface area contributed by atoms with E-state index in [0.29, 0.717) is 0 Å². The number of thiophene rings is 1. The molecule has 2 heteroatoms. The molecule has 9 heavy (non-hydrogen) atoms. The molecule has 1 nitrogen and oxygen atoms in total. The van der Waals surface area contributed by atoms with Gasteiger partial charge >= 0.3 is 0 Å². The maximum Gasteiger partial charge on any atom is 0.0305 e. The van der Waals surface area contributed by atoms with Crippen molar-refractivity contribution >= 4 is 11.3 Å². The van der Waals surface area contributed by atoms with E-state index in [1.165, 1.54) is 10.4 Å². The van der Waals surface area contributed by atoms with Gasteiger partial charge in [-0.1, -0.05) is 0 Å². The van der Waals surface area contributed by atoms with Crippen LogP contribution in [0.4, 0.5) is 0 Å². The summed E-state index contributed by atoms with van der Waals surface area (Å²) in [5.74, 6) is 0. The van der Waals surface area contributed by atoms with Crippen molar-refractivity contribution in [2.75, 3.05) is 0 Å². The van der Waals surface area contributed by atoms with Crippen LogP contribution < -0.4 is 5.32 Å². The first-order valence-electron chi connectivity index (χ1n) is 3.07. The Balaban J connectivity index is 2.39. The van der Waals surface area contributed by atoms with Gasteiger partial charge in [0.15, 0.2) is 0 Å². The van der Waals surface area contributed by atoms with Crippen LogP contribution in [0.3, 0.4) is 0 Å². The fourth-order valence-electron chi connectivity index (χ4n) is 1.05. The zero-order valence-corrected chi connectivity index (χ0v) is 5.87. The third-order valence-electron chi connectivity index (χ3n) is 1.57. The highest BCUT2D eigenvalue weighted by molar-refractivity contribution is 7.10. The van der Waals surface area contributed by atoms with E-state index in [-0.39, 0.29) is 0 Å². The monoisotopic (exact) mass is 138 g/mol. The van der Waals surface area contributed by atoms with E-state index in [9.17, 15) is 0 Å². The Hall–Kier alpha value is -0.340. The first-order valence-corrected chi connectivity index (χ1v) is 3.95. The Morgan fingerprint density at radius 3 is 3.44 bits per heavy atom. The van der Waals surface area contributed by atoms with Gasteiger partial charge in [0.1, 0.15) is 0 Å². The van der Waals surface area contributed by atoms with Crippen LogP contribution in [0.15, 0.2) is 11.4 Å². The molecule has 0 unspecified atom stereocenters. The van der Waals surface area contributed by atoms with Gasteiger partial charge in [-0.05, 0) is 23.4 Å². The van der Waals surface area contributed by atoms with Gasteiger partial charge in [0, 0.05) is 18.0 Å². The fourth-order valence-corrected chi connectivity index (χ4v) is 1.92. The van der Waals surface area contributed by atoms with Gasteiger partial charge in [0.2, 0.25) is 0 Å². The molecule has 0 fully saturated rings. The van der Waals surface area contributed by atoms with Crippen LogP contribution in [0.5, 0.6) is 0 Å². The van der Waals surface area contributed by atoms with E-state index in [0.717, 1.165) is 13.0 Å². The van der Waals surface area contributed by atoms with Crippen molar-refractivity contribution in [2.24, 2.45) is 0 Å². The van der Waals surface area contributed by atoms with Gasteiger partial charge in [0.05, 0.1) is 0 Å². The maximum absolute atomic E-state index is 3.21. The Labute approximate surface area is 58.7 Å². The molecule has 0 amide bonds. The zero-order chi connectivity index (χ0) is 6.10. The van der Waals surface area contributed by atoms with Crippen molar-refractivity contribution in [2.45, 2.75) is 13.0 Å². The predicted octanol–water partition coefficient (Wildman–Crippen LogP) is 1.56. The summed E-state index contributed by atoms with van der Waals surface area (Å²) < 4.78 is 0. The highest BCUT2D eigenvalue weighted by Crippen LogP contribution is 2.20. The Kier molecular flexibility index (Phi) is 1.28. The molecule has 1 aliphatic heterocycles. The third kappa shape index (κ3) is 0.884. The van der Waals surface area contributed by atoms with Crippen LogP contribution in [0.2, 0.25) is 0 Å². The lowest BCUT2D eigenvalue weighted by molar-refractivity contribution is 0.740. The number of nitrogens with one attached hydrogen (secondary N) is 1. The van der Waals surface area contributed by atoms with Crippen molar-refractivity contribution < 1.29 is 0 Å². The van der Waals surface area contributed by atoms with Gasteiger partial charge in [0.25, 0.3) is 0 Å². The molecule has 47 valence electrons. The molecule has 0 saturated heterocycles. The van der Waals surface area contributed by atoms with Gasteiger partial charge < -0.3 is 5.32 Å². The van der Waals surface area contributed by atoms with Crippen LogP contribution in [-0.4, -0.2) is 0 Å². The Bertz CT molecular complexity index is 184. The second-order valence-corrected chi connectivity index (χ2v) is 3.16. The normalized spacial score (nSPS) is 17.3. The summed E-state index contributed by atoms with van der Waals surface area (Å²) in [5.41, 5.74) is 1.50. The second-order valence-electron chi connectivity index (χ2n) is 2.16. The molecule has 1 radical (unpaired) electrons. The molecule has 2 rings (SSSR count). The lowest BCUT2D eigenvalue weighted by Crippen LogP contribution is -2.16. The van der Waals surface area contributed by atoms with Crippen LogP contribution >= 0.6 is 11.3 Å². The molecule has 0 aliphatic carbocycles. The molecule has 0 saturated carbocycles. The van der Waals surface area contributed by atoms with Crippen molar-refractivity contribution in [3.8, 4) is 0 Å². The molecule has 1 aromatic heterocycles. The molecule has 1 aromatic rings. The van der Waals surface area contributed by atoms with E-state index >= 15 is 0 Å². The fraction of sp³-hybridized carbons (Fsp3) is 0.286. The molecular formula is C7H8NS. The van der Waals surface area contributed by atoms with Crippen molar-refractivity contribution in [1.29, 1.82) is 0 Å². The summed E-state index contributed by atoms with van der Waals surface area (Å²) in [6, 6.07) is 2.21. The van der Waals surface area contributed by atoms with E-state index in [4.69, 9.17) is 0 Å². The largest absolute Gasteiger partial charge is 0.307 e. The molecular weight excluding hydrogens is 130 g/mol. The molecule has 0 atom stereocenters. The zero-order valence-electron chi connectivity index (χ0n) is 5.05. The van der Waals surface area contributed by atoms with E-state index in [2.05, 4.69) is 23.3 Å². The highest BCUT2D eigenvalue weighted by atomic mass is 32.1. The Morgan fingerprint density at radius 2 is 2.56 bits per heavy atom. The van der Waals surface area contributed by atoms with E-state index < -0.39 is 0 Å². The minimum atomic E-state index is 1.03. The SMILES string of the molecule is [CH]1Cc2ccsc2CN1. The van der Waals surface area contributed by atoms with Crippen molar-refractivity contribution in [1.82, 2.24) is 5.32 Å². The summed E-state index contributed by atoms with van der Waals surface area (Å²) in [5, 5.41) is 5.37. The summed E-state index contributed by atoms with van der Waals surface area (Å²) in [6.07, 6.45) is 1.10. The van der Waals surface area contributed by atoms with Gasteiger partial charge in [-0.25, -0.2) is 0 Å². The standard InChI is InChI=1S/C7H8NS/c1-3-8-5-7-6(1)2-4-9-7/h2-4,8H,1,5H2. The first kappa shape index (κ1) is 5.45. The van der Waals surface area contributed by atoms with Gasteiger partial charge in [-0.3, -0.25) is 0 Å². The molecule has 0 spiro atoms. The summed E-state index contributed by atoms with van der Waals surface area (Å²) in [4.78, 5) is 1.50. The average Bonchev–Trinajstić information content (AvgIpc) is 2.33. The first-order chi connectivity index (χ1) is 4.47. The molecule has 0 bridgehead atoms. The number of fused-ring (bicyclic) bond motifs is 1. The van der Waals surface area contributed by atoms with E-state index in [1.807, 2.05) is 11.3 Å². The second kappa shape index (κ2) is 2.12. The maximum atomic E-state index is 3.21. The van der Waals surface area contributed by atoms with Crippen molar-refractivity contribution in [3.63, 3.8) is 0 Å². The predicted molar refractivity (Wildman–Crippen MR) is 39.2 cm³/mol. The number of rotatable bonds is 0. The molecule has 1 aliphatic rings. The van der Waals surface area contributed by atoms with Gasteiger partial charge in [-0.15, -0.1) is 11.3 Å². The number of hydrogen-bond donors (Lipinski definition) is 1. The molecule has 1 N–H and O–H groups in total. The van der Waals surface area contributed by atoms with Crippen LogP contribution in [0.25, 0.3) is 0 Å². The minimum absolute atomic E-state index is 1.03. The molecule has 0 aromatic carbocycles. The average molecular weight is 138 g/mol. The minimum Gasteiger partial charge on any atom is -0.307 e. The molecule has 2 heterocycles. The van der Waals surface area contributed by atoms with Crippen LogP contribution in [0.1, 0.15) is 10.4 Å². The number of hydrogen-bond acceptors (Lipinski definition) is 2. The summed E-state index contributed by atoms with van der Waals surface area (Å²) in [7, 11) is 0. The quantitative estimate of drug-likeness (QED) is 0.573.